The molecule has 0 aliphatic carbocycles. The third-order valence-electron chi connectivity index (χ3n) is 2.43. The molecule has 82 valence electrons. The summed E-state index contributed by atoms with van der Waals surface area (Å²) in [5.74, 6) is -0.832. The van der Waals surface area contributed by atoms with Gasteiger partial charge in [0.15, 0.2) is 0 Å². The van der Waals surface area contributed by atoms with Crippen LogP contribution in [0.4, 0.5) is 10.1 Å². The highest BCUT2D eigenvalue weighted by Gasteiger charge is 2.12. The van der Waals surface area contributed by atoms with Crippen molar-refractivity contribution < 1.29 is 13.9 Å². The van der Waals surface area contributed by atoms with Gasteiger partial charge in [-0.05, 0) is 29.7 Å². The second kappa shape index (κ2) is 3.81. The van der Waals surface area contributed by atoms with Crippen LogP contribution in [0.3, 0.4) is 0 Å². The first kappa shape index (κ1) is 10.4. The van der Waals surface area contributed by atoms with Crippen LogP contribution in [0.5, 0.6) is 0 Å². The van der Waals surface area contributed by atoms with E-state index in [9.17, 15) is 9.18 Å². The zero-order chi connectivity index (χ0) is 11.7. The van der Waals surface area contributed by atoms with Gasteiger partial charge >= 0.3 is 5.97 Å². The van der Waals surface area contributed by atoms with Crippen LogP contribution in [0.25, 0.3) is 10.8 Å². The van der Waals surface area contributed by atoms with Crippen LogP contribution in [0.15, 0.2) is 30.3 Å². The van der Waals surface area contributed by atoms with Gasteiger partial charge in [-0.2, -0.15) is 0 Å². The standard InChI is InChI=1S/C12H10FNO2/c1-16-12(15)10-4-2-7-6-8(13)3-5-9(7)11(10)14/h2-6H,14H2,1H3. The number of hydrogen-bond donors (Lipinski definition) is 1. The van der Waals surface area contributed by atoms with Crippen LogP contribution in [-0.4, -0.2) is 13.1 Å². The number of nitrogen functional groups attached to an aromatic ring is 1. The van der Waals surface area contributed by atoms with Crippen LogP contribution in [0, 0.1) is 5.82 Å². The van der Waals surface area contributed by atoms with E-state index in [0.29, 0.717) is 22.0 Å². The SMILES string of the molecule is COC(=O)c1ccc2cc(F)ccc2c1N. The van der Waals surface area contributed by atoms with Gasteiger partial charge in [-0.1, -0.05) is 6.07 Å². The summed E-state index contributed by atoms with van der Waals surface area (Å²) in [6.45, 7) is 0. The molecule has 0 spiro atoms. The Labute approximate surface area is 91.6 Å². The van der Waals surface area contributed by atoms with Crippen molar-refractivity contribution in [2.45, 2.75) is 0 Å². The molecule has 0 unspecified atom stereocenters. The average Bonchev–Trinajstić information content (AvgIpc) is 2.28. The zero-order valence-corrected chi connectivity index (χ0v) is 8.66. The van der Waals surface area contributed by atoms with Gasteiger partial charge in [0.2, 0.25) is 0 Å². The Morgan fingerprint density at radius 2 is 2.06 bits per heavy atom. The minimum absolute atomic E-state index is 0.293. The smallest absolute Gasteiger partial charge is 0.339 e. The third-order valence-corrected chi connectivity index (χ3v) is 2.43. The van der Waals surface area contributed by atoms with E-state index in [2.05, 4.69) is 4.74 Å². The fraction of sp³-hybridized carbons (Fsp3) is 0.0833. The Bertz CT molecular complexity index is 566. The number of methoxy groups -OCH3 is 1. The van der Waals surface area contributed by atoms with Crippen LogP contribution in [0.2, 0.25) is 0 Å². The largest absolute Gasteiger partial charge is 0.465 e. The van der Waals surface area contributed by atoms with Crippen LogP contribution < -0.4 is 5.73 Å². The molecule has 0 bridgehead atoms. The molecule has 0 aliphatic rings. The van der Waals surface area contributed by atoms with Crippen molar-refractivity contribution >= 4 is 22.4 Å². The molecule has 2 N–H and O–H groups in total. The molecule has 16 heavy (non-hydrogen) atoms. The topological polar surface area (TPSA) is 52.3 Å². The summed E-state index contributed by atoms with van der Waals surface area (Å²) >= 11 is 0. The van der Waals surface area contributed by atoms with Crippen molar-refractivity contribution in [3.05, 3.63) is 41.7 Å². The maximum atomic E-state index is 13.0. The van der Waals surface area contributed by atoms with Crippen LogP contribution >= 0.6 is 0 Å². The average molecular weight is 219 g/mol. The Hall–Kier alpha value is -2.10. The molecule has 4 heteroatoms. The predicted octanol–water partition coefficient (Wildman–Crippen LogP) is 2.35. The van der Waals surface area contributed by atoms with Gasteiger partial charge in [-0.15, -0.1) is 0 Å². The van der Waals surface area contributed by atoms with Crippen molar-refractivity contribution in [2.24, 2.45) is 0 Å². The molecular formula is C12H10FNO2. The number of ether oxygens (including phenoxy) is 1. The van der Waals surface area contributed by atoms with Gasteiger partial charge in [-0.25, -0.2) is 9.18 Å². The number of nitrogens with two attached hydrogens (primary N) is 1. The lowest BCUT2D eigenvalue weighted by atomic mass is 10.0. The lowest BCUT2D eigenvalue weighted by molar-refractivity contribution is 0.0602. The van der Waals surface area contributed by atoms with Gasteiger partial charge in [0.05, 0.1) is 18.4 Å². The van der Waals surface area contributed by atoms with Gasteiger partial charge < -0.3 is 10.5 Å². The minimum atomic E-state index is -0.497. The van der Waals surface area contributed by atoms with E-state index in [1.807, 2.05) is 0 Å². The number of halogens is 1. The molecule has 0 saturated heterocycles. The summed E-state index contributed by atoms with van der Waals surface area (Å²) in [7, 11) is 1.29. The first-order valence-corrected chi connectivity index (χ1v) is 4.69. The fourth-order valence-electron chi connectivity index (χ4n) is 1.61. The minimum Gasteiger partial charge on any atom is -0.465 e. The first-order valence-electron chi connectivity index (χ1n) is 4.69. The normalized spacial score (nSPS) is 10.4. The Kier molecular flexibility index (Phi) is 2.48. The maximum Gasteiger partial charge on any atom is 0.339 e. The molecule has 3 nitrogen and oxygen atoms in total. The van der Waals surface area contributed by atoms with Gasteiger partial charge in [0.25, 0.3) is 0 Å². The Morgan fingerprint density at radius 3 is 2.75 bits per heavy atom. The van der Waals surface area contributed by atoms with E-state index in [1.165, 1.54) is 25.3 Å². The number of esters is 1. The van der Waals surface area contributed by atoms with Gasteiger partial charge in [0.1, 0.15) is 5.82 Å². The molecule has 0 amide bonds. The maximum absolute atomic E-state index is 13.0. The Morgan fingerprint density at radius 1 is 1.31 bits per heavy atom. The summed E-state index contributed by atoms with van der Waals surface area (Å²) in [4.78, 5) is 11.4. The molecule has 0 aromatic heterocycles. The molecule has 2 rings (SSSR count). The van der Waals surface area contributed by atoms with Crippen molar-refractivity contribution in [3.8, 4) is 0 Å². The van der Waals surface area contributed by atoms with Crippen molar-refractivity contribution in [1.82, 2.24) is 0 Å². The molecule has 0 radical (unpaired) electrons. The van der Waals surface area contributed by atoms with E-state index in [-0.39, 0.29) is 5.82 Å². The lowest BCUT2D eigenvalue weighted by Gasteiger charge is -2.07. The molecule has 0 saturated carbocycles. The van der Waals surface area contributed by atoms with Crippen molar-refractivity contribution in [3.63, 3.8) is 0 Å². The highest BCUT2D eigenvalue weighted by Crippen LogP contribution is 2.25. The predicted molar refractivity (Wildman–Crippen MR) is 59.7 cm³/mol. The van der Waals surface area contributed by atoms with Crippen LogP contribution in [0.1, 0.15) is 10.4 Å². The fourth-order valence-corrected chi connectivity index (χ4v) is 1.61. The molecule has 0 atom stereocenters. The van der Waals surface area contributed by atoms with Crippen molar-refractivity contribution in [2.75, 3.05) is 12.8 Å². The van der Waals surface area contributed by atoms with E-state index in [0.717, 1.165) is 0 Å². The quantitative estimate of drug-likeness (QED) is 0.591. The summed E-state index contributed by atoms with van der Waals surface area (Å²) in [5.41, 5.74) is 6.42. The summed E-state index contributed by atoms with van der Waals surface area (Å²) in [5, 5.41) is 1.30. The summed E-state index contributed by atoms with van der Waals surface area (Å²) in [6, 6.07) is 7.39. The highest BCUT2D eigenvalue weighted by molar-refractivity contribution is 6.05. The Balaban J connectivity index is 2.70. The molecule has 2 aromatic rings. The zero-order valence-electron chi connectivity index (χ0n) is 8.66. The van der Waals surface area contributed by atoms with E-state index in [1.54, 1.807) is 12.1 Å². The monoisotopic (exact) mass is 219 g/mol. The summed E-state index contributed by atoms with van der Waals surface area (Å²) < 4.78 is 17.6. The number of fused-ring (bicyclic) bond motifs is 1. The molecular weight excluding hydrogens is 209 g/mol. The van der Waals surface area contributed by atoms with Crippen LogP contribution in [-0.2, 0) is 4.74 Å². The molecule has 2 aromatic carbocycles. The number of rotatable bonds is 1. The van der Waals surface area contributed by atoms with E-state index in [4.69, 9.17) is 5.73 Å². The summed E-state index contributed by atoms with van der Waals surface area (Å²) in [6.07, 6.45) is 0. The highest BCUT2D eigenvalue weighted by atomic mass is 19.1. The number of carbonyl (C=O) groups excluding carboxylic acids is 1. The lowest BCUT2D eigenvalue weighted by Crippen LogP contribution is -2.05. The number of hydrogen-bond acceptors (Lipinski definition) is 3. The van der Waals surface area contributed by atoms with Gasteiger partial charge in [0, 0.05) is 5.39 Å². The number of carbonyl (C=O) groups is 1. The van der Waals surface area contributed by atoms with E-state index < -0.39 is 5.97 Å². The second-order valence-corrected chi connectivity index (χ2v) is 3.38. The van der Waals surface area contributed by atoms with E-state index >= 15 is 0 Å². The molecule has 0 fully saturated rings. The molecule has 0 heterocycles. The third kappa shape index (κ3) is 1.58. The molecule has 0 aliphatic heterocycles. The number of benzene rings is 2. The number of anilines is 1. The van der Waals surface area contributed by atoms with Crippen molar-refractivity contribution in [1.29, 1.82) is 0 Å². The van der Waals surface area contributed by atoms with Gasteiger partial charge in [-0.3, -0.25) is 0 Å². The first-order chi connectivity index (χ1) is 7.63. The second-order valence-electron chi connectivity index (χ2n) is 3.38.